The van der Waals surface area contributed by atoms with Gasteiger partial charge in [-0.25, -0.2) is 0 Å². The van der Waals surface area contributed by atoms with Gasteiger partial charge < -0.3 is 9.32 Å². The van der Waals surface area contributed by atoms with Crippen molar-refractivity contribution in [2.24, 2.45) is 0 Å². The van der Waals surface area contributed by atoms with Crippen LogP contribution in [0.5, 0.6) is 0 Å². The standard InChI is InChI=1S/C23H21NO2/c1-3-24(21-10-6-8-17-7-4-5-9-19(17)21)23(25)14-18-15-26-22-12-11-16(2)13-20(18)22/h4-13,15H,3,14H2,1-2H3. The maximum atomic E-state index is 13.1. The van der Waals surface area contributed by atoms with Gasteiger partial charge in [-0.05, 0) is 37.4 Å². The minimum absolute atomic E-state index is 0.0769. The van der Waals surface area contributed by atoms with Crippen LogP contribution >= 0.6 is 0 Å². The molecule has 0 saturated heterocycles. The van der Waals surface area contributed by atoms with Gasteiger partial charge in [0, 0.05) is 22.9 Å². The van der Waals surface area contributed by atoms with Crippen molar-refractivity contribution in [3.8, 4) is 0 Å². The summed E-state index contributed by atoms with van der Waals surface area (Å²) >= 11 is 0. The molecule has 0 spiro atoms. The molecule has 26 heavy (non-hydrogen) atoms. The van der Waals surface area contributed by atoms with Gasteiger partial charge in [-0.1, -0.05) is 48.0 Å². The van der Waals surface area contributed by atoms with Crippen molar-refractivity contribution in [3.05, 3.63) is 78.1 Å². The fourth-order valence-corrected chi connectivity index (χ4v) is 3.52. The quantitative estimate of drug-likeness (QED) is 0.491. The molecule has 0 aliphatic heterocycles. The highest BCUT2D eigenvalue weighted by Crippen LogP contribution is 2.28. The Hall–Kier alpha value is -3.07. The van der Waals surface area contributed by atoms with E-state index in [1.165, 1.54) is 0 Å². The molecule has 0 bridgehead atoms. The molecule has 4 rings (SSSR count). The molecular weight excluding hydrogens is 322 g/mol. The van der Waals surface area contributed by atoms with E-state index < -0.39 is 0 Å². The molecule has 0 saturated carbocycles. The molecule has 0 atom stereocenters. The monoisotopic (exact) mass is 343 g/mol. The molecule has 0 radical (unpaired) electrons. The molecule has 0 aliphatic rings. The van der Waals surface area contributed by atoms with Crippen LogP contribution in [-0.2, 0) is 11.2 Å². The number of furan rings is 1. The zero-order valence-corrected chi connectivity index (χ0v) is 15.0. The highest BCUT2D eigenvalue weighted by atomic mass is 16.3. The van der Waals surface area contributed by atoms with Gasteiger partial charge >= 0.3 is 0 Å². The van der Waals surface area contributed by atoms with Crippen LogP contribution < -0.4 is 4.90 Å². The molecular formula is C23H21NO2. The number of rotatable bonds is 4. The molecule has 1 aromatic heterocycles. The van der Waals surface area contributed by atoms with E-state index >= 15 is 0 Å². The number of nitrogens with zero attached hydrogens (tertiary/aromatic N) is 1. The third kappa shape index (κ3) is 2.86. The number of hydrogen-bond donors (Lipinski definition) is 0. The summed E-state index contributed by atoms with van der Waals surface area (Å²) in [6.07, 6.45) is 2.03. The van der Waals surface area contributed by atoms with Crippen LogP contribution in [0, 0.1) is 6.92 Å². The number of amides is 1. The second kappa shape index (κ2) is 6.68. The largest absolute Gasteiger partial charge is 0.464 e. The van der Waals surface area contributed by atoms with Crippen molar-refractivity contribution < 1.29 is 9.21 Å². The predicted molar refractivity (Wildman–Crippen MR) is 107 cm³/mol. The molecule has 0 unspecified atom stereocenters. The van der Waals surface area contributed by atoms with Crippen molar-refractivity contribution in [2.75, 3.05) is 11.4 Å². The lowest BCUT2D eigenvalue weighted by Gasteiger charge is -2.22. The van der Waals surface area contributed by atoms with E-state index in [-0.39, 0.29) is 5.91 Å². The summed E-state index contributed by atoms with van der Waals surface area (Å²) in [7, 11) is 0. The van der Waals surface area contributed by atoms with E-state index in [1.54, 1.807) is 6.26 Å². The molecule has 3 nitrogen and oxygen atoms in total. The first-order chi connectivity index (χ1) is 12.7. The van der Waals surface area contributed by atoms with Gasteiger partial charge in [0.05, 0.1) is 18.4 Å². The normalized spacial score (nSPS) is 11.2. The summed E-state index contributed by atoms with van der Waals surface area (Å²) in [5, 5.41) is 3.26. The molecule has 0 fully saturated rings. The highest BCUT2D eigenvalue weighted by molar-refractivity contribution is 6.05. The molecule has 3 aromatic carbocycles. The van der Waals surface area contributed by atoms with Crippen LogP contribution in [0.15, 0.2) is 71.3 Å². The van der Waals surface area contributed by atoms with Crippen LogP contribution in [0.3, 0.4) is 0 Å². The first kappa shape index (κ1) is 16.4. The van der Waals surface area contributed by atoms with Gasteiger partial charge in [0.25, 0.3) is 0 Å². The van der Waals surface area contributed by atoms with E-state index in [2.05, 4.69) is 24.3 Å². The second-order valence-corrected chi connectivity index (χ2v) is 6.57. The Morgan fingerprint density at radius 3 is 2.65 bits per heavy atom. The van der Waals surface area contributed by atoms with E-state index in [0.717, 1.165) is 38.6 Å². The van der Waals surface area contributed by atoms with Gasteiger partial charge in [-0.15, -0.1) is 0 Å². The molecule has 1 amide bonds. The smallest absolute Gasteiger partial charge is 0.231 e. The Morgan fingerprint density at radius 2 is 1.81 bits per heavy atom. The summed E-state index contributed by atoms with van der Waals surface area (Å²) in [5.41, 5.74) is 3.88. The average Bonchev–Trinajstić information content (AvgIpc) is 3.04. The summed E-state index contributed by atoms with van der Waals surface area (Å²) in [6, 6.07) is 20.3. The predicted octanol–water partition coefficient (Wildman–Crippen LogP) is 5.49. The van der Waals surface area contributed by atoms with Gasteiger partial charge in [-0.2, -0.15) is 0 Å². The Labute approximate surface area is 152 Å². The molecule has 3 heteroatoms. The van der Waals surface area contributed by atoms with Crippen molar-refractivity contribution in [3.63, 3.8) is 0 Å². The zero-order valence-electron chi connectivity index (χ0n) is 15.0. The fraction of sp³-hybridized carbons (Fsp3) is 0.174. The van der Waals surface area contributed by atoms with Crippen LogP contribution in [-0.4, -0.2) is 12.5 Å². The van der Waals surface area contributed by atoms with Crippen LogP contribution in [0.2, 0.25) is 0 Å². The van der Waals surface area contributed by atoms with Gasteiger partial charge in [0.2, 0.25) is 5.91 Å². The summed E-state index contributed by atoms with van der Waals surface area (Å²) < 4.78 is 5.62. The molecule has 1 heterocycles. The Balaban J connectivity index is 1.70. The lowest BCUT2D eigenvalue weighted by atomic mass is 10.1. The minimum atomic E-state index is 0.0769. The summed E-state index contributed by atoms with van der Waals surface area (Å²) in [4.78, 5) is 15.0. The second-order valence-electron chi connectivity index (χ2n) is 6.57. The number of carbonyl (C=O) groups excluding carboxylic acids is 1. The maximum Gasteiger partial charge on any atom is 0.231 e. The van der Waals surface area contributed by atoms with Gasteiger partial charge in [0.1, 0.15) is 5.58 Å². The molecule has 130 valence electrons. The Kier molecular flexibility index (Phi) is 4.21. The maximum absolute atomic E-state index is 13.1. The summed E-state index contributed by atoms with van der Waals surface area (Å²) in [6.45, 7) is 4.69. The first-order valence-corrected chi connectivity index (χ1v) is 8.92. The molecule has 4 aromatic rings. The summed E-state index contributed by atoms with van der Waals surface area (Å²) in [5.74, 6) is 0.0769. The molecule has 0 aliphatic carbocycles. The van der Waals surface area contributed by atoms with Crippen LogP contribution in [0.4, 0.5) is 5.69 Å². The van der Waals surface area contributed by atoms with Crippen molar-refractivity contribution >= 4 is 33.3 Å². The third-order valence-electron chi connectivity index (χ3n) is 4.83. The Morgan fingerprint density at radius 1 is 1.00 bits per heavy atom. The number of fused-ring (bicyclic) bond motifs is 2. The van der Waals surface area contributed by atoms with Crippen LogP contribution in [0.1, 0.15) is 18.1 Å². The number of anilines is 1. The molecule has 0 N–H and O–H groups in total. The minimum Gasteiger partial charge on any atom is -0.464 e. The highest BCUT2D eigenvalue weighted by Gasteiger charge is 2.18. The fourth-order valence-electron chi connectivity index (χ4n) is 3.52. The number of benzene rings is 3. The van der Waals surface area contributed by atoms with E-state index in [0.29, 0.717) is 13.0 Å². The lowest BCUT2D eigenvalue weighted by Crippen LogP contribution is -2.32. The topological polar surface area (TPSA) is 33.5 Å². The zero-order chi connectivity index (χ0) is 18.1. The van der Waals surface area contributed by atoms with Crippen LogP contribution in [0.25, 0.3) is 21.7 Å². The number of aryl methyl sites for hydroxylation is 1. The third-order valence-corrected chi connectivity index (χ3v) is 4.83. The number of carbonyl (C=O) groups is 1. The first-order valence-electron chi connectivity index (χ1n) is 8.92. The van der Waals surface area contributed by atoms with Gasteiger partial charge in [0.15, 0.2) is 0 Å². The van der Waals surface area contributed by atoms with Crippen molar-refractivity contribution in [2.45, 2.75) is 20.3 Å². The number of likely N-dealkylation sites (N-methyl/N-ethyl adjacent to an activating group) is 1. The number of hydrogen-bond acceptors (Lipinski definition) is 2. The van der Waals surface area contributed by atoms with E-state index in [1.807, 2.05) is 55.1 Å². The lowest BCUT2D eigenvalue weighted by molar-refractivity contribution is -0.117. The average molecular weight is 343 g/mol. The van der Waals surface area contributed by atoms with E-state index in [9.17, 15) is 4.79 Å². The Bertz CT molecular complexity index is 1090. The van der Waals surface area contributed by atoms with Crippen molar-refractivity contribution in [1.29, 1.82) is 0 Å². The van der Waals surface area contributed by atoms with Gasteiger partial charge in [-0.3, -0.25) is 4.79 Å². The van der Waals surface area contributed by atoms with E-state index in [4.69, 9.17) is 4.42 Å². The van der Waals surface area contributed by atoms with Crippen molar-refractivity contribution in [1.82, 2.24) is 0 Å². The SMILES string of the molecule is CCN(C(=O)Cc1coc2ccc(C)cc12)c1cccc2ccccc12.